The van der Waals surface area contributed by atoms with Gasteiger partial charge in [-0.15, -0.1) is 0 Å². The van der Waals surface area contributed by atoms with Gasteiger partial charge in [0.1, 0.15) is 10.6 Å². The van der Waals surface area contributed by atoms with Crippen LogP contribution in [0, 0.1) is 5.92 Å². The summed E-state index contributed by atoms with van der Waals surface area (Å²) in [6, 6.07) is 4.47. The number of hydrogen-bond donors (Lipinski definition) is 1. The summed E-state index contributed by atoms with van der Waals surface area (Å²) in [5.74, 6) is -0.0592. The summed E-state index contributed by atoms with van der Waals surface area (Å²) in [5.41, 5.74) is 0.373. The fourth-order valence-electron chi connectivity index (χ4n) is 1.69. The first-order valence-corrected chi connectivity index (χ1v) is 8.03. The minimum Gasteiger partial charge on any atom is -0.495 e. The first-order chi connectivity index (χ1) is 9.33. The lowest BCUT2D eigenvalue weighted by Gasteiger charge is -2.12. The highest BCUT2D eigenvalue weighted by Gasteiger charge is 2.21. The van der Waals surface area contributed by atoms with Crippen LogP contribution in [0.1, 0.15) is 37.6 Å². The van der Waals surface area contributed by atoms with E-state index in [4.69, 9.17) is 4.74 Å². The molecular formula is C14H21NO4S. The van der Waals surface area contributed by atoms with Crippen molar-refractivity contribution in [2.24, 2.45) is 5.92 Å². The highest BCUT2D eigenvalue weighted by molar-refractivity contribution is 7.89. The van der Waals surface area contributed by atoms with Crippen molar-refractivity contribution in [3.8, 4) is 5.75 Å². The van der Waals surface area contributed by atoms with E-state index in [1.165, 1.54) is 19.2 Å². The molecule has 0 saturated heterocycles. The lowest BCUT2D eigenvalue weighted by atomic mass is 10.0. The first kappa shape index (κ1) is 16.7. The van der Waals surface area contributed by atoms with Crippen LogP contribution in [0.15, 0.2) is 23.1 Å². The maximum atomic E-state index is 12.2. The summed E-state index contributed by atoms with van der Waals surface area (Å²) in [6.45, 7) is 5.76. The van der Waals surface area contributed by atoms with Crippen LogP contribution in [0.4, 0.5) is 0 Å². The topological polar surface area (TPSA) is 72.5 Å². The number of carbonyl (C=O) groups excluding carboxylic acids is 1. The number of carbonyl (C=O) groups is 1. The standard InChI is InChI=1S/C14H21NO4S/c1-5-8-15-20(17,18)13-9-11(14(16)10(2)3)6-7-12(13)19-4/h6-7,9-10,15H,5,8H2,1-4H3. The zero-order valence-corrected chi connectivity index (χ0v) is 13.1. The molecule has 0 bridgehead atoms. The van der Waals surface area contributed by atoms with Crippen LogP contribution in [0.2, 0.25) is 0 Å². The number of methoxy groups -OCH3 is 1. The van der Waals surface area contributed by atoms with Gasteiger partial charge in [-0.1, -0.05) is 20.8 Å². The maximum Gasteiger partial charge on any atom is 0.244 e. The molecule has 0 aliphatic carbocycles. The van der Waals surface area contributed by atoms with Crippen LogP contribution in [0.3, 0.4) is 0 Å². The smallest absolute Gasteiger partial charge is 0.244 e. The van der Waals surface area contributed by atoms with E-state index in [0.29, 0.717) is 18.5 Å². The molecule has 0 atom stereocenters. The third-order valence-electron chi connectivity index (χ3n) is 2.80. The summed E-state index contributed by atoms with van der Waals surface area (Å²) in [6.07, 6.45) is 0.687. The van der Waals surface area contributed by atoms with Gasteiger partial charge >= 0.3 is 0 Å². The predicted molar refractivity (Wildman–Crippen MR) is 77.6 cm³/mol. The van der Waals surface area contributed by atoms with Gasteiger partial charge < -0.3 is 4.74 Å². The molecule has 1 aromatic carbocycles. The molecular weight excluding hydrogens is 278 g/mol. The molecule has 0 radical (unpaired) electrons. The summed E-state index contributed by atoms with van der Waals surface area (Å²) in [5, 5.41) is 0. The van der Waals surface area contributed by atoms with Crippen molar-refractivity contribution in [2.45, 2.75) is 32.1 Å². The van der Waals surface area contributed by atoms with Gasteiger partial charge in [0.2, 0.25) is 10.0 Å². The molecule has 0 aromatic heterocycles. The predicted octanol–water partition coefficient (Wildman–Crippen LogP) is 2.22. The highest BCUT2D eigenvalue weighted by atomic mass is 32.2. The van der Waals surface area contributed by atoms with E-state index < -0.39 is 10.0 Å². The van der Waals surface area contributed by atoms with Crippen LogP contribution in [-0.4, -0.2) is 27.9 Å². The Morgan fingerprint density at radius 2 is 2.00 bits per heavy atom. The molecule has 0 fully saturated rings. The molecule has 1 rings (SSSR count). The summed E-state index contributed by atoms with van der Waals surface area (Å²) >= 11 is 0. The average molecular weight is 299 g/mol. The number of nitrogens with one attached hydrogen (secondary N) is 1. The summed E-state index contributed by atoms with van der Waals surface area (Å²) in [7, 11) is -2.27. The van der Waals surface area contributed by atoms with Crippen molar-refractivity contribution < 1.29 is 17.9 Å². The summed E-state index contributed by atoms with van der Waals surface area (Å²) < 4.78 is 32.0. The number of rotatable bonds is 7. The molecule has 0 aliphatic rings. The molecule has 5 nitrogen and oxygen atoms in total. The largest absolute Gasteiger partial charge is 0.495 e. The second-order valence-electron chi connectivity index (χ2n) is 4.78. The number of hydrogen-bond acceptors (Lipinski definition) is 4. The lowest BCUT2D eigenvalue weighted by Crippen LogP contribution is -2.25. The second kappa shape index (κ2) is 6.85. The number of ketones is 1. The quantitative estimate of drug-likeness (QED) is 0.784. The second-order valence-corrected chi connectivity index (χ2v) is 6.52. The minimum absolute atomic E-state index is 0.0000463. The van der Waals surface area contributed by atoms with Crippen molar-refractivity contribution in [3.63, 3.8) is 0 Å². The monoisotopic (exact) mass is 299 g/mol. The Hall–Kier alpha value is -1.40. The SMILES string of the molecule is CCCNS(=O)(=O)c1cc(C(=O)C(C)C)ccc1OC. The molecule has 0 aliphatic heterocycles. The molecule has 112 valence electrons. The van der Waals surface area contributed by atoms with Crippen LogP contribution in [-0.2, 0) is 10.0 Å². The Morgan fingerprint density at radius 3 is 2.50 bits per heavy atom. The molecule has 1 aromatic rings. The minimum atomic E-state index is -3.67. The molecule has 1 N–H and O–H groups in total. The molecule has 0 saturated carbocycles. The molecule has 0 unspecified atom stereocenters. The van der Waals surface area contributed by atoms with Crippen molar-refractivity contribution in [3.05, 3.63) is 23.8 Å². The van der Waals surface area contributed by atoms with Crippen LogP contribution >= 0.6 is 0 Å². The van der Waals surface area contributed by atoms with E-state index in [1.54, 1.807) is 19.9 Å². The van der Waals surface area contributed by atoms with Gasteiger partial charge in [0.15, 0.2) is 5.78 Å². The fraction of sp³-hybridized carbons (Fsp3) is 0.500. The van der Waals surface area contributed by atoms with Crippen molar-refractivity contribution in [1.82, 2.24) is 4.72 Å². The van der Waals surface area contributed by atoms with E-state index in [2.05, 4.69) is 4.72 Å². The molecule has 6 heteroatoms. The van der Waals surface area contributed by atoms with Crippen molar-refractivity contribution in [1.29, 1.82) is 0 Å². The number of Topliss-reactive ketones (excluding diaryl/α,β-unsaturated/α-hetero) is 1. The molecule has 20 heavy (non-hydrogen) atoms. The van der Waals surface area contributed by atoms with Crippen LogP contribution < -0.4 is 9.46 Å². The zero-order chi connectivity index (χ0) is 15.3. The van der Waals surface area contributed by atoms with E-state index >= 15 is 0 Å². The maximum absolute atomic E-state index is 12.2. The van der Waals surface area contributed by atoms with E-state index in [9.17, 15) is 13.2 Å². The Morgan fingerprint density at radius 1 is 1.35 bits per heavy atom. The third kappa shape index (κ3) is 3.80. The molecule has 0 heterocycles. The number of benzene rings is 1. The van der Waals surface area contributed by atoms with Crippen LogP contribution in [0.25, 0.3) is 0 Å². The average Bonchev–Trinajstić information content (AvgIpc) is 2.43. The van der Waals surface area contributed by atoms with E-state index in [0.717, 1.165) is 0 Å². The van der Waals surface area contributed by atoms with Gasteiger partial charge in [-0.25, -0.2) is 13.1 Å². The van der Waals surface area contributed by atoms with E-state index in [-0.39, 0.29) is 22.3 Å². The Kier molecular flexibility index (Phi) is 5.71. The molecule has 0 spiro atoms. The van der Waals surface area contributed by atoms with Crippen LogP contribution in [0.5, 0.6) is 5.75 Å². The van der Waals surface area contributed by atoms with Gasteiger partial charge in [-0.3, -0.25) is 4.79 Å². The van der Waals surface area contributed by atoms with Gasteiger partial charge in [0.05, 0.1) is 7.11 Å². The van der Waals surface area contributed by atoms with Gasteiger partial charge in [0, 0.05) is 18.0 Å². The highest BCUT2D eigenvalue weighted by Crippen LogP contribution is 2.25. The van der Waals surface area contributed by atoms with Crippen molar-refractivity contribution in [2.75, 3.05) is 13.7 Å². The van der Waals surface area contributed by atoms with E-state index in [1.807, 2.05) is 6.92 Å². The first-order valence-electron chi connectivity index (χ1n) is 6.55. The van der Waals surface area contributed by atoms with Crippen molar-refractivity contribution >= 4 is 15.8 Å². The molecule has 0 amide bonds. The zero-order valence-electron chi connectivity index (χ0n) is 12.3. The fourth-order valence-corrected chi connectivity index (χ4v) is 3.01. The third-order valence-corrected chi connectivity index (χ3v) is 4.29. The number of ether oxygens (including phenoxy) is 1. The summed E-state index contributed by atoms with van der Waals surface area (Å²) in [4.78, 5) is 12.0. The Bertz CT molecular complexity index is 579. The van der Waals surface area contributed by atoms with Gasteiger partial charge in [-0.05, 0) is 24.6 Å². The van der Waals surface area contributed by atoms with Gasteiger partial charge in [0.25, 0.3) is 0 Å². The number of sulfonamides is 1. The van der Waals surface area contributed by atoms with Gasteiger partial charge in [-0.2, -0.15) is 0 Å². The normalized spacial score (nSPS) is 11.7. The Balaban J connectivity index is 3.29. The lowest BCUT2D eigenvalue weighted by molar-refractivity contribution is 0.0939. The Labute approximate surface area is 120 Å².